The predicted molar refractivity (Wildman–Crippen MR) is 87.7 cm³/mol. The van der Waals surface area contributed by atoms with Gasteiger partial charge in [-0.1, -0.05) is 19.1 Å². The standard InChI is InChI=1S/C18H19N3/c1-2-11-21-17-6-4-3-5-16(17)20-18(21)14-7-8-15-13(12-14)9-10-19-15/h3-8,12,19H,2,9-11H2,1H3. The summed E-state index contributed by atoms with van der Waals surface area (Å²) in [6.07, 6.45) is 2.22. The fraction of sp³-hybridized carbons (Fsp3) is 0.278. The van der Waals surface area contributed by atoms with Crippen molar-refractivity contribution in [3.8, 4) is 11.4 Å². The Balaban J connectivity index is 1.91. The van der Waals surface area contributed by atoms with E-state index in [4.69, 9.17) is 4.98 Å². The third-order valence-electron chi connectivity index (χ3n) is 4.17. The van der Waals surface area contributed by atoms with Crippen molar-refractivity contribution in [1.29, 1.82) is 0 Å². The van der Waals surface area contributed by atoms with E-state index in [0.29, 0.717) is 0 Å². The molecule has 0 atom stereocenters. The Morgan fingerprint density at radius 2 is 2.10 bits per heavy atom. The molecule has 1 aliphatic heterocycles. The smallest absolute Gasteiger partial charge is 0.141 e. The Kier molecular flexibility index (Phi) is 2.92. The number of imidazole rings is 1. The number of para-hydroxylation sites is 2. The van der Waals surface area contributed by atoms with Gasteiger partial charge in [0.25, 0.3) is 0 Å². The van der Waals surface area contributed by atoms with E-state index in [1.54, 1.807) is 0 Å². The summed E-state index contributed by atoms with van der Waals surface area (Å²) in [7, 11) is 0. The molecular formula is C18H19N3. The first-order valence-electron chi connectivity index (χ1n) is 7.69. The molecule has 0 amide bonds. The number of nitrogens with zero attached hydrogens (tertiary/aromatic N) is 2. The molecule has 0 bridgehead atoms. The van der Waals surface area contributed by atoms with Crippen molar-refractivity contribution in [1.82, 2.24) is 9.55 Å². The molecule has 106 valence electrons. The summed E-state index contributed by atoms with van der Waals surface area (Å²) in [6.45, 7) is 4.26. The van der Waals surface area contributed by atoms with E-state index in [2.05, 4.69) is 59.3 Å². The highest BCUT2D eigenvalue weighted by molar-refractivity contribution is 5.81. The molecule has 3 heteroatoms. The summed E-state index contributed by atoms with van der Waals surface area (Å²) in [5.74, 6) is 1.09. The van der Waals surface area contributed by atoms with Crippen molar-refractivity contribution >= 4 is 16.7 Å². The largest absolute Gasteiger partial charge is 0.384 e. The molecule has 0 unspecified atom stereocenters. The number of anilines is 1. The van der Waals surface area contributed by atoms with Crippen LogP contribution in [-0.2, 0) is 13.0 Å². The maximum absolute atomic E-state index is 4.87. The van der Waals surface area contributed by atoms with Crippen LogP contribution in [0.15, 0.2) is 42.5 Å². The summed E-state index contributed by atoms with van der Waals surface area (Å²) in [5, 5.41) is 3.42. The second-order valence-electron chi connectivity index (χ2n) is 5.62. The van der Waals surface area contributed by atoms with E-state index in [1.807, 2.05) is 0 Å². The van der Waals surface area contributed by atoms with Crippen LogP contribution in [0.5, 0.6) is 0 Å². The van der Waals surface area contributed by atoms with E-state index in [0.717, 1.165) is 37.3 Å². The van der Waals surface area contributed by atoms with Crippen molar-refractivity contribution in [2.24, 2.45) is 0 Å². The Hall–Kier alpha value is -2.29. The van der Waals surface area contributed by atoms with Crippen molar-refractivity contribution in [3.63, 3.8) is 0 Å². The van der Waals surface area contributed by atoms with Crippen LogP contribution in [0.2, 0.25) is 0 Å². The molecular weight excluding hydrogens is 258 g/mol. The lowest BCUT2D eigenvalue weighted by molar-refractivity contribution is 0.704. The molecule has 0 spiro atoms. The molecule has 3 nitrogen and oxygen atoms in total. The fourth-order valence-corrected chi connectivity index (χ4v) is 3.19. The lowest BCUT2D eigenvalue weighted by Crippen LogP contribution is -2.00. The predicted octanol–water partition coefficient (Wildman–Crippen LogP) is 4.08. The topological polar surface area (TPSA) is 29.9 Å². The van der Waals surface area contributed by atoms with Crippen LogP contribution in [0, 0.1) is 0 Å². The maximum Gasteiger partial charge on any atom is 0.141 e. The Bertz CT molecular complexity index is 801. The van der Waals surface area contributed by atoms with Crippen molar-refractivity contribution in [2.75, 3.05) is 11.9 Å². The number of fused-ring (bicyclic) bond motifs is 2. The molecule has 3 aromatic rings. The second-order valence-corrected chi connectivity index (χ2v) is 5.62. The number of aryl methyl sites for hydroxylation is 1. The van der Waals surface area contributed by atoms with Gasteiger partial charge in [-0.15, -0.1) is 0 Å². The zero-order valence-corrected chi connectivity index (χ0v) is 12.3. The van der Waals surface area contributed by atoms with Crippen molar-refractivity contribution < 1.29 is 0 Å². The first-order valence-corrected chi connectivity index (χ1v) is 7.69. The van der Waals surface area contributed by atoms with Crippen LogP contribution in [0.1, 0.15) is 18.9 Å². The van der Waals surface area contributed by atoms with Crippen molar-refractivity contribution in [3.05, 3.63) is 48.0 Å². The summed E-state index contributed by atoms with van der Waals surface area (Å²) >= 11 is 0. The van der Waals surface area contributed by atoms with Gasteiger partial charge < -0.3 is 9.88 Å². The summed E-state index contributed by atoms with van der Waals surface area (Å²) < 4.78 is 2.35. The minimum Gasteiger partial charge on any atom is -0.384 e. The van der Waals surface area contributed by atoms with Gasteiger partial charge in [0.2, 0.25) is 0 Å². The summed E-state index contributed by atoms with van der Waals surface area (Å²) in [6, 6.07) is 15.1. The quantitative estimate of drug-likeness (QED) is 0.781. The molecule has 1 aromatic heterocycles. The van der Waals surface area contributed by atoms with E-state index in [9.17, 15) is 0 Å². The molecule has 21 heavy (non-hydrogen) atoms. The zero-order valence-electron chi connectivity index (χ0n) is 12.3. The third-order valence-corrected chi connectivity index (χ3v) is 4.17. The van der Waals surface area contributed by atoms with Gasteiger partial charge in [0, 0.05) is 24.3 Å². The molecule has 0 fully saturated rings. The average molecular weight is 277 g/mol. The second kappa shape index (κ2) is 4.92. The summed E-state index contributed by atoms with van der Waals surface area (Å²) in [4.78, 5) is 4.87. The van der Waals surface area contributed by atoms with Crippen LogP contribution in [0.4, 0.5) is 5.69 Å². The van der Waals surface area contributed by atoms with Gasteiger partial charge in [0.15, 0.2) is 0 Å². The molecule has 2 aromatic carbocycles. The van der Waals surface area contributed by atoms with Gasteiger partial charge in [-0.25, -0.2) is 4.98 Å². The average Bonchev–Trinajstić information content (AvgIpc) is 3.11. The lowest BCUT2D eigenvalue weighted by Gasteiger charge is -2.09. The van der Waals surface area contributed by atoms with Crippen LogP contribution in [0.3, 0.4) is 0 Å². The lowest BCUT2D eigenvalue weighted by atomic mass is 10.1. The van der Waals surface area contributed by atoms with Gasteiger partial charge in [-0.2, -0.15) is 0 Å². The number of rotatable bonds is 3. The van der Waals surface area contributed by atoms with E-state index >= 15 is 0 Å². The Morgan fingerprint density at radius 3 is 3.00 bits per heavy atom. The molecule has 2 heterocycles. The molecule has 0 aliphatic carbocycles. The number of benzene rings is 2. The minimum atomic E-state index is 1.01. The van der Waals surface area contributed by atoms with Gasteiger partial charge >= 0.3 is 0 Å². The van der Waals surface area contributed by atoms with Crippen LogP contribution >= 0.6 is 0 Å². The van der Waals surface area contributed by atoms with Gasteiger partial charge in [0.05, 0.1) is 11.0 Å². The molecule has 1 N–H and O–H groups in total. The zero-order chi connectivity index (χ0) is 14.2. The van der Waals surface area contributed by atoms with Crippen LogP contribution < -0.4 is 5.32 Å². The van der Waals surface area contributed by atoms with E-state index in [1.165, 1.54) is 22.3 Å². The molecule has 0 saturated carbocycles. The number of hydrogen-bond donors (Lipinski definition) is 1. The fourth-order valence-electron chi connectivity index (χ4n) is 3.19. The number of aromatic nitrogens is 2. The normalized spacial score (nSPS) is 13.4. The SMILES string of the molecule is CCCn1c(-c2ccc3c(c2)CCN3)nc2ccccc21. The number of nitrogens with one attached hydrogen (secondary N) is 1. The molecule has 1 aliphatic rings. The highest BCUT2D eigenvalue weighted by Gasteiger charge is 2.15. The summed E-state index contributed by atoms with van der Waals surface area (Å²) in [5.41, 5.74) is 6.22. The van der Waals surface area contributed by atoms with Crippen LogP contribution in [-0.4, -0.2) is 16.1 Å². The van der Waals surface area contributed by atoms with Gasteiger partial charge in [0.1, 0.15) is 5.82 Å². The number of hydrogen-bond acceptors (Lipinski definition) is 2. The van der Waals surface area contributed by atoms with Crippen molar-refractivity contribution in [2.45, 2.75) is 26.3 Å². The highest BCUT2D eigenvalue weighted by Crippen LogP contribution is 2.30. The third kappa shape index (κ3) is 2.00. The monoisotopic (exact) mass is 277 g/mol. The Labute approximate surface area is 124 Å². The first kappa shape index (κ1) is 12.5. The molecule has 0 radical (unpaired) electrons. The Morgan fingerprint density at radius 1 is 1.19 bits per heavy atom. The maximum atomic E-state index is 4.87. The molecule has 0 saturated heterocycles. The van der Waals surface area contributed by atoms with Crippen LogP contribution in [0.25, 0.3) is 22.4 Å². The van der Waals surface area contributed by atoms with E-state index < -0.39 is 0 Å². The minimum absolute atomic E-state index is 1.01. The van der Waals surface area contributed by atoms with Gasteiger partial charge in [-0.05, 0) is 48.7 Å². The highest BCUT2D eigenvalue weighted by atomic mass is 15.1. The van der Waals surface area contributed by atoms with E-state index in [-0.39, 0.29) is 0 Å². The molecule has 4 rings (SSSR count). The first-order chi connectivity index (χ1) is 10.4. The van der Waals surface area contributed by atoms with Gasteiger partial charge in [-0.3, -0.25) is 0 Å².